The minimum Gasteiger partial charge on any atom is -0.480 e. The van der Waals surface area contributed by atoms with Gasteiger partial charge in [0.15, 0.2) is 12.4 Å². The van der Waals surface area contributed by atoms with Crippen molar-refractivity contribution in [1.82, 2.24) is 10.6 Å². The van der Waals surface area contributed by atoms with Gasteiger partial charge < -0.3 is 10.1 Å². The predicted octanol–water partition coefficient (Wildman–Crippen LogP) is 2.42. The van der Waals surface area contributed by atoms with Crippen molar-refractivity contribution in [3.8, 4) is 5.75 Å². The molecule has 1 aromatic carbocycles. The fraction of sp³-hybridized carbons (Fsp3) is 0.471. The summed E-state index contributed by atoms with van der Waals surface area (Å²) in [6, 6.07) is 6.25. The topological polar surface area (TPSA) is 84.5 Å². The van der Waals surface area contributed by atoms with Crippen molar-refractivity contribution in [2.75, 3.05) is 0 Å². The van der Waals surface area contributed by atoms with E-state index in [2.05, 4.69) is 10.6 Å². The summed E-state index contributed by atoms with van der Waals surface area (Å²) in [7, 11) is 0. The highest BCUT2D eigenvalue weighted by molar-refractivity contribution is 5.96. The summed E-state index contributed by atoms with van der Waals surface area (Å²) < 4.78 is 5.47. The van der Waals surface area contributed by atoms with Gasteiger partial charge in [0.1, 0.15) is 5.75 Å². The maximum atomic E-state index is 12.0. The van der Waals surface area contributed by atoms with E-state index in [4.69, 9.17) is 4.74 Å². The third kappa shape index (κ3) is 5.09. The molecule has 2 rings (SSSR count). The summed E-state index contributed by atoms with van der Waals surface area (Å²) in [5.74, 6) is -0.225. The molecule has 0 spiro atoms. The van der Waals surface area contributed by atoms with Crippen LogP contribution in [0.1, 0.15) is 49.4 Å². The Kier molecular flexibility index (Phi) is 6.14. The zero-order chi connectivity index (χ0) is 16.7. The number of urea groups is 1. The summed E-state index contributed by atoms with van der Waals surface area (Å²) >= 11 is 0. The maximum absolute atomic E-state index is 12.0. The van der Waals surface area contributed by atoms with Crippen LogP contribution in [0, 0.1) is 0 Å². The average Bonchev–Trinajstić information content (AvgIpc) is 2.56. The summed E-state index contributed by atoms with van der Waals surface area (Å²) in [4.78, 5) is 34.8. The standard InChI is InChI=1S/C17H22N2O4/c1-12(23-15-10-6-5-7-13(15)11-20)16(21)19-17(22)18-14-8-3-2-4-9-14/h5-7,10-12,14H,2-4,8-9H2,1H3,(H2,18,19,21,22)/t12-/m1/s1. The Labute approximate surface area is 135 Å². The number of ether oxygens (including phenoxy) is 1. The van der Waals surface area contributed by atoms with Crippen LogP contribution >= 0.6 is 0 Å². The molecule has 1 aliphatic rings. The fourth-order valence-corrected chi connectivity index (χ4v) is 2.61. The molecule has 124 valence electrons. The van der Waals surface area contributed by atoms with Crippen LogP contribution in [0.4, 0.5) is 4.79 Å². The van der Waals surface area contributed by atoms with Gasteiger partial charge in [-0.3, -0.25) is 14.9 Å². The van der Waals surface area contributed by atoms with Gasteiger partial charge in [-0.2, -0.15) is 0 Å². The molecule has 2 N–H and O–H groups in total. The lowest BCUT2D eigenvalue weighted by Gasteiger charge is -2.23. The smallest absolute Gasteiger partial charge is 0.321 e. The zero-order valence-electron chi connectivity index (χ0n) is 13.2. The van der Waals surface area contributed by atoms with Crippen LogP contribution in [0.3, 0.4) is 0 Å². The molecule has 3 amide bonds. The van der Waals surface area contributed by atoms with Gasteiger partial charge in [-0.15, -0.1) is 0 Å². The van der Waals surface area contributed by atoms with Crippen molar-refractivity contribution in [2.45, 2.75) is 51.2 Å². The zero-order valence-corrected chi connectivity index (χ0v) is 13.2. The summed E-state index contributed by atoms with van der Waals surface area (Å²) in [5.41, 5.74) is 0.360. The number of carbonyl (C=O) groups is 3. The first-order chi connectivity index (χ1) is 11.1. The van der Waals surface area contributed by atoms with Gasteiger partial charge in [0.2, 0.25) is 0 Å². The summed E-state index contributed by atoms with van der Waals surface area (Å²) in [6.45, 7) is 1.53. The van der Waals surface area contributed by atoms with Crippen LogP contribution in [0.2, 0.25) is 0 Å². The SMILES string of the molecule is C[C@@H](Oc1ccccc1C=O)C(=O)NC(=O)NC1CCCCC1. The van der Waals surface area contributed by atoms with Gasteiger partial charge in [-0.1, -0.05) is 31.4 Å². The largest absolute Gasteiger partial charge is 0.480 e. The summed E-state index contributed by atoms with van der Waals surface area (Å²) in [5, 5.41) is 5.09. The number of nitrogens with one attached hydrogen (secondary N) is 2. The minimum absolute atomic E-state index is 0.128. The van der Waals surface area contributed by atoms with Gasteiger partial charge in [-0.05, 0) is 31.9 Å². The molecule has 0 unspecified atom stereocenters. The van der Waals surface area contributed by atoms with Crippen LogP contribution < -0.4 is 15.4 Å². The van der Waals surface area contributed by atoms with E-state index in [-0.39, 0.29) is 6.04 Å². The van der Waals surface area contributed by atoms with E-state index in [9.17, 15) is 14.4 Å². The van der Waals surface area contributed by atoms with Crippen molar-refractivity contribution >= 4 is 18.2 Å². The van der Waals surface area contributed by atoms with Crippen molar-refractivity contribution < 1.29 is 19.1 Å². The average molecular weight is 318 g/mol. The first-order valence-electron chi connectivity index (χ1n) is 7.92. The number of rotatable bonds is 5. The summed E-state index contributed by atoms with van der Waals surface area (Å²) in [6.07, 6.45) is 5.06. The minimum atomic E-state index is -0.881. The molecule has 0 bridgehead atoms. The Hall–Kier alpha value is -2.37. The second kappa shape index (κ2) is 8.31. The van der Waals surface area contributed by atoms with Crippen molar-refractivity contribution in [2.24, 2.45) is 0 Å². The molecule has 0 heterocycles. The molecule has 0 radical (unpaired) electrons. The molecule has 1 fully saturated rings. The van der Waals surface area contributed by atoms with E-state index in [0.717, 1.165) is 25.7 Å². The normalized spacial score (nSPS) is 16.2. The molecular formula is C17H22N2O4. The van der Waals surface area contributed by atoms with Crippen LogP contribution in [0.5, 0.6) is 5.75 Å². The number of hydrogen-bond donors (Lipinski definition) is 2. The number of benzene rings is 1. The van der Waals surface area contributed by atoms with Gasteiger partial charge >= 0.3 is 6.03 Å². The van der Waals surface area contributed by atoms with Crippen molar-refractivity contribution in [1.29, 1.82) is 0 Å². The van der Waals surface area contributed by atoms with E-state index < -0.39 is 18.0 Å². The molecular weight excluding hydrogens is 296 g/mol. The van der Waals surface area contributed by atoms with Crippen LogP contribution in [-0.2, 0) is 4.79 Å². The molecule has 1 aliphatic carbocycles. The Balaban J connectivity index is 1.84. The van der Waals surface area contributed by atoms with Gasteiger partial charge in [-0.25, -0.2) is 4.79 Å². The monoisotopic (exact) mass is 318 g/mol. The van der Waals surface area contributed by atoms with E-state index in [1.165, 1.54) is 13.3 Å². The lowest BCUT2D eigenvalue weighted by atomic mass is 9.96. The lowest BCUT2D eigenvalue weighted by molar-refractivity contribution is -0.126. The maximum Gasteiger partial charge on any atom is 0.321 e. The van der Waals surface area contributed by atoms with Gasteiger partial charge in [0.25, 0.3) is 5.91 Å². The van der Waals surface area contributed by atoms with Crippen molar-refractivity contribution in [3.63, 3.8) is 0 Å². The third-order valence-corrected chi connectivity index (χ3v) is 3.90. The number of imide groups is 1. The second-order valence-corrected chi connectivity index (χ2v) is 5.71. The molecule has 1 atom stereocenters. The third-order valence-electron chi connectivity index (χ3n) is 3.90. The van der Waals surface area contributed by atoms with Gasteiger partial charge in [0, 0.05) is 6.04 Å². The molecule has 23 heavy (non-hydrogen) atoms. The molecule has 0 aromatic heterocycles. The first kappa shape index (κ1) is 17.0. The molecule has 1 aromatic rings. The molecule has 0 aliphatic heterocycles. The Bertz CT molecular complexity index is 567. The number of amides is 3. The number of aldehydes is 1. The fourth-order valence-electron chi connectivity index (χ4n) is 2.61. The van der Waals surface area contributed by atoms with Crippen molar-refractivity contribution in [3.05, 3.63) is 29.8 Å². The number of para-hydroxylation sites is 1. The Morgan fingerprint density at radius 1 is 1.22 bits per heavy atom. The predicted molar refractivity (Wildman–Crippen MR) is 85.5 cm³/mol. The number of hydrogen-bond acceptors (Lipinski definition) is 4. The Morgan fingerprint density at radius 2 is 1.91 bits per heavy atom. The number of carbonyl (C=O) groups excluding carboxylic acids is 3. The highest BCUT2D eigenvalue weighted by atomic mass is 16.5. The molecule has 6 heteroatoms. The van der Waals surface area contributed by atoms with Crippen LogP contribution in [-0.4, -0.2) is 30.4 Å². The van der Waals surface area contributed by atoms with E-state index in [1.54, 1.807) is 24.3 Å². The quantitative estimate of drug-likeness (QED) is 0.817. The lowest BCUT2D eigenvalue weighted by Crippen LogP contribution is -2.48. The van der Waals surface area contributed by atoms with E-state index >= 15 is 0 Å². The van der Waals surface area contributed by atoms with E-state index in [1.807, 2.05) is 0 Å². The highest BCUT2D eigenvalue weighted by Crippen LogP contribution is 2.18. The molecule has 1 saturated carbocycles. The van der Waals surface area contributed by atoms with Crippen LogP contribution in [0.25, 0.3) is 0 Å². The second-order valence-electron chi connectivity index (χ2n) is 5.71. The molecule has 0 saturated heterocycles. The van der Waals surface area contributed by atoms with Crippen LogP contribution in [0.15, 0.2) is 24.3 Å². The molecule has 6 nitrogen and oxygen atoms in total. The highest BCUT2D eigenvalue weighted by Gasteiger charge is 2.21. The van der Waals surface area contributed by atoms with E-state index in [0.29, 0.717) is 17.6 Å². The Morgan fingerprint density at radius 3 is 2.61 bits per heavy atom. The van der Waals surface area contributed by atoms with Gasteiger partial charge in [0.05, 0.1) is 5.56 Å². The first-order valence-corrected chi connectivity index (χ1v) is 7.92.